The van der Waals surface area contributed by atoms with Crippen LogP contribution in [-0.2, 0) is 4.79 Å². The molecule has 8 nitrogen and oxygen atoms in total. The van der Waals surface area contributed by atoms with Gasteiger partial charge in [0.15, 0.2) is 11.5 Å². The number of hydrogen-bond acceptors (Lipinski definition) is 4. The Morgan fingerprint density at radius 3 is 2.56 bits per heavy atom. The minimum absolute atomic E-state index is 0.0277. The molecule has 1 atom stereocenters. The van der Waals surface area contributed by atoms with E-state index in [1.54, 1.807) is 31.3 Å². The molecule has 1 aromatic carbocycles. The summed E-state index contributed by atoms with van der Waals surface area (Å²) in [6, 6.07) is 4.91. The standard InChI is InChI=1S/C19H30N4O4/c1-5-22(6-2)10-9-20-19(25)21-14-11-18(24)23(13-14)15-7-8-16(26-3)17(12-15)27-4/h7-8,12,14H,5-6,9-11,13H2,1-4H3,(H2,20,21,25)/p+1/t14-/m0/s1. The number of carbonyl (C=O) groups is 2. The third kappa shape index (κ3) is 5.50. The Balaban J connectivity index is 1.89. The molecule has 1 saturated heterocycles. The maximum atomic E-state index is 12.4. The van der Waals surface area contributed by atoms with E-state index >= 15 is 0 Å². The number of methoxy groups -OCH3 is 2. The van der Waals surface area contributed by atoms with E-state index in [1.807, 2.05) is 6.07 Å². The molecule has 1 aliphatic rings. The van der Waals surface area contributed by atoms with E-state index in [-0.39, 0.29) is 24.4 Å². The number of anilines is 1. The van der Waals surface area contributed by atoms with Gasteiger partial charge in [-0.2, -0.15) is 0 Å². The molecule has 0 unspecified atom stereocenters. The SMILES string of the molecule is CC[NH+](CC)CCNC(=O)N[C@H]1CC(=O)N(c2ccc(OC)c(OC)c2)C1. The van der Waals surface area contributed by atoms with Crippen molar-refractivity contribution in [1.29, 1.82) is 0 Å². The molecule has 2 rings (SSSR count). The molecule has 8 heteroatoms. The van der Waals surface area contributed by atoms with Crippen LogP contribution in [0.3, 0.4) is 0 Å². The van der Waals surface area contributed by atoms with Crippen molar-refractivity contribution >= 4 is 17.6 Å². The summed E-state index contributed by atoms with van der Waals surface area (Å²) in [5.41, 5.74) is 0.729. The molecular weight excluding hydrogens is 348 g/mol. The number of hydrogen-bond donors (Lipinski definition) is 3. The average molecular weight is 379 g/mol. The van der Waals surface area contributed by atoms with Crippen molar-refractivity contribution in [3.05, 3.63) is 18.2 Å². The van der Waals surface area contributed by atoms with Gasteiger partial charge in [0.05, 0.1) is 46.4 Å². The summed E-state index contributed by atoms with van der Waals surface area (Å²) in [6.45, 7) is 8.28. The number of nitrogens with one attached hydrogen (secondary N) is 3. The van der Waals surface area contributed by atoms with Crippen molar-refractivity contribution in [2.24, 2.45) is 0 Å². The largest absolute Gasteiger partial charge is 0.493 e. The first-order valence-corrected chi connectivity index (χ1v) is 9.42. The zero-order valence-corrected chi connectivity index (χ0v) is 16.6. The fourth-order valence-corrected chi connectivity index (χ4v) is 3.24. The highest BCUT2D eigenvalue weighted by Crippen LogP contribution is 2.33. The second-order valence-electron chi connectivity index (χ2n) is 6.55. The molecule has 3 N–H and O–H groups in total. The predicted molar refractivity (Wildman–Crippen MR) is 104 cm³/mol. The summed E-state index contributed by atoms with van der Waals surface area (Å²) >= 11 is 0. The van der Waals surface area contributed by atoms with Crippen LogP contribution in [0.2, 0.25) is 0 Å². The van der Waals surface area contributed by atoms with E-state index in [2.05, 4.69) is 24.5 Å². The molecule has 0 aliphatic carbocycles. The maximum absolute atomic E-state index is 12.4. The Bertz CT molecular complexity index is 649. The van der Waals surface area contributed by atoms with Crippen molar-refractivity contribution in [1.82, 2.24) is 10.6 Å². The van der Waals surface area contributed by atoms with Gasteiger partial charge in [0, 0.05) is 24.7 Å². The van der Waals surface area contributed by atoms with Crippen LogP contribution in [-0.4, -0.2) is 64.9 Å². The fraction of sp³-hybridized carbons (Fsp3) is 0.579. The van der Waals surface area contributed by atoms with Crippen LogP contribution in [0.5, 0.6) is 11.5 Å². The van der Waals surface area contributed by atoms with Crippen molar-refractivity contribution < 1.29 is 24.0 Å². The van der Waals surface area contributed by atoms with Gasteiger partial charge in [0.25, 0.3) is 0 Å². The lowest BCUT2D eigenvalue weighted by Gasteiger charge is -2.19. The van der Waals surface area contributed by atoms with Crippen LogP contribution >= 0.6 is 0 Å². The molecule has 0 radical (unpaired) electrons. The van der Waals surface area contributed by atoms with Crippen LogP contribution in [0.1, 0.15) is 20.3 Å². The first-order valence-electron chi connectivity index (χ1n) is 9.42. The number of quaternary nitrogens is 1. The molecule has 1 heterocycles. The molecule has 1 aromatic rings. The van der Waals surface area contributed by atoms with Gasteiger partial charge in [-0.15, -0.1) is 0 Å². The Hall–Kier alpha value is -2.48. The molecule has 1 aliphatic heterocycles. The van der Waals surface area contributed by atoms with Gasteiger partial charge in [-0.05, 0) is 26.0 Å². The summed E-state index contributed by atoms with van der Waals surface area (Å²) in [7, 11) is 3.13. The second kappa shape index (κ2) is 10.0. The van der Waals surface area contributed by atoms with Crippen molar-refractivity contribution in [3.63, 3.8) is 0 Å². The Morgan fingerprint density at radius 1 is 1.22 bits per heavy atom. The molecule has 27 heavy (non-hydrogen) atoms. The quantitative estimate of drug-likeness (QED) is 0.565. The van der Waals surface area contributed by atoms with E-state index < -0.39 is 0 Å². The number of amides is 3. The Kier molecular flexibility index (Phi) is 7.72. The van der Waals surface area contributed by atoms with Gasteiger partial charge in [-0.25, -0.2) is 4.79 Å². The summed E-state index contributed by atoms with van der Waals surface area (Å²) in [5.74, 6) is 1.15. The molecule has 3 amide bonds. The molecule has 1 fully saturated rings. The molecule has 0 spiro atoms. The molecule has 0 aromatic heterocycles. The van der Waals surface area contributed by atoms with Gasteiger partial charge in [0.2, 0.25) is 5.91 Å². The summed E-state index contributed by atoms with van der Waals surface area (Å²) in [5, 5.41) is 5.77. The van der Waals surface area contributed by atoms with Gasteiger partial charge in [-0.1, -0.05) is 0 Å². The molecule has 150 valence electrons. The highest BCUT2D eigenvalue weighted by atomic mass is 16.5. The Morgan fingerprint density at radius 2 is 1.93 bits per heavy atom. The lowest BCUT2D eigenvalue weighted by atomic mass is 10.2. The third-order valence-electron chi connectivity index (χ3n) is 4.90. The predicted octanol–water partition coefficient (Wildman–Crippen LogP) is 0.0330. The van der Waals surface area contributed by atoms with Crippen LogP contribution in [0.25, 0.3) is 0 Å². The van der Waals surface area contributed by atoms with E-state index in [1.165, 1.54) is 4.90 Å². The second-order valence-corrected chi connectivity index (χ2v) is 6.55. The van der Waals surface area contributed by atoms with Crippen molar-refractivity contribution in [2.75, 3.05) is 51.8 Å². The number of rotatable bonds is 9. The van der Waals surface area contributed by atoms with E-state index in [0.717, 1.165) is 25.3 Å². The number of nitrogens with zero attached hydrogens (tertiary/aromatic N) is 1. The van der Waals surface area contributed by atoms with Gasteiger partial charge >= 0.3 is 6.03 Å². The number of carbonyl (C=O) groups excluding carboxylic acids is 2. The first-order chi connectivity index (χ1) is 13.0. The highest BCUT2D eigenvalue weighted by Gasteiger charge is 2.32. The van der Waals surface area contributed by atoms with Crippen molar-refractivity contribution in [3.8, 4) is 11.5 Å². The monoisotopic (exact) mass is 379 g/mol. The Labute approximate surface area is 160 Å². The number of likely N-dealkylation sites (N-methyl/N-ethyl adjacent to an activating group) is 1. The third-order valence-corrected chi connectivity index (χ3v) is 4.90. The molecule has 0 bridgehead atoms. The topological polar surface area (TPSA) is 84.3 Å². The minimum Gasteiger partial charge on any atom is -0.493 e. The van der Waals surface area contributed by atoms with Gasteiger partial charge in [0.1, 0.15) is 0 Å². The average Bonchev–Trinajstić information content (AvgIpc) is 3.04. The summed E-state index contributed by atoms with van der Waals surface area (Å²) < 4.78 is 10.5. The van der Waals surface area contributed by atoms with Crippen LogP contribution in [0, 0.1) is 0 Å². The highest BCUT2D eigenvalue weighted by molar-refractivity contribution is 5.97. The van der Waals surface area contributed by atoms with Crippen LogP contribution in [0.4, 0.5) is 10.5 Å². The van der Waals surface area contributed by atoms with E-state index in [9.17, 15) is 9.59 Å². The van der Waals surface area contributed by atoms with E-state index in [4.69, 9.17) is 9.47 Å². The first kappa shape index (κ1) is 20.8. The molecule has 0 saturated carbocycles. The zero-order chi connectivity index (χ0) is 19.8. The summed E-state index contributed by atoms with van der Waals surface area (Å²) in [6.07, 6.45) is 0.281. The lowest BCUT2D eigenvalue weighted by molar-refractivity contribution is -0.895. The van der Waals surface area contributed by atoms with E-state index in [0.29, 0.717) is 24.6 Å². The summed E-state index contributed by atoms with van der Waals surface area (Å²) in [4.78, 5) is 27.6. The van der Waals surface area contributed by atoms with Gasteiger partial charge < -0.3 is 29.9 Å². The number of urea groups is 1. The fourth-order valence-electron chi connectivity index (χ4n) is 3.24. The van der Waals surface area contributed by atoms with Gasteiger partial charge in [-0.3, -0.25) is 4.79 Å². The number of ether oxygens (including phenoxy) is 2. The van der Waals surface area contributed by atoms with Crippen LogP contribution < -0.4 is 29.9 Å². The smallest absolute Gasteiger partial charge is 0.315 e. The number of benzene rings is 1. The van der Waals surface area contributed by atoms with Crippen LogP contribution in [0.15, 0.2) is 18.2 Å². The maximum Gasteiger partial charge on any atom is 0.315 e. The molecular formula is C19H31N4O4+. The minimum atomic E-state index is -0.228. The lowest BCUT2D eigenvalue weighted by Crippen LogP contribution is -3.12. The van der Waals surface area contributed by atoms with Crippen molar-refractivity contribution in [2.45, 2.75) is 26.3 Å². The zero-order valence-electron chi connectivity index (χ0n) is 16.6. The normalized spacial score (nSPS) is 16.6.